The monoisotopic (exact) mass is 200 g/mol. The summed E-state index contributed by atoms with van der Waals surface area (Å²) in [5.41, 5.74) is -0.146. The molecule has 1 aliphatic rings. The molecule has 0 aromatic carbocycles. The topological polar surface area (TPSA) is 50.4 Å². The first kappa shape index (κ1) is 11.6. The van der Waals surface area contributed by atoms with Crippen molar-refractivity contribution in [2.75, 3.05) is 19.7 Å². The van der Waals surface area contributed by atoms with E-state index in [0.717, 1.165) is 19.4 Å². The molecule has 0 aromatic heterocycles. The number of ether oxygens (including phenoxy) is 1. The van der Waals surface area contributed by atoms with Crippen LogP contribution in [0.2, 0.25) is 0 Å². The van der Waals surface area contributed by atoms with Crippen molar-refractivity contribution >= 4 is 6.29 Å². The molecular formula is C10H20N2O2. The van der Waals surface area contributed by atoms with Gasteiger partial charge in [-0.25, -0.2) is 0 Å². The van der Waals surface area contributed by atoms with Crippen molar-refractivity contribution in [2.45, 2.75) is 38.5 Å². The third kappa shape index (κ3) is 3.74. The van der Waals surface area contributed by atoms with Gasteiger partial charge >= 0.3 is 0 Å². The smallest absolute Gasteiger partial charge is 0.138 e. The maximum Gasteiger partial charge on any atom is 0.138 e. The van der Waals surface area contributed by atoms with Gasteiger partial charge < -0.3 is 20.2 Å². The molecule has 2 N–H and O–H groups in total. The molecule has 0 radical (unpaired) electrons. The lowest BCUT2D eigenvalue weighted by atomic mass is 10.1. The second-order valence-corrected chi connectivity index (χ2v) is 4.60. The van der Waals surface area contributed by atoms with Crippen molar-refractivity contribution < 1.29 is 9.53 Å². The molecule has 82 valence electrons. The molecule has 4 heteroatoms. The Labute approximate surface area is 85.4 Å². The lowest BCUT2D eigenvalue weighted by Gasteiger charge is -2.32. The highest BCUT2D eigenvalue weighted by atomic mass is 16.5. The van der Waals surface area contributed by atoms with Gasteiger partial charge in [-0.05, 0) is 20.8 Å². The van der Waals surface area contributed by atoms with E-state index < -0.39 is 0 Å². The van der Waals surface area contributed by atoms with E-state index in [1.807, 2.05) is 20.8 Å². The number of piperazine rings is 1. The molecule has 4 nitrogen and oxygen atoms in total. The van der Waals surface area contributed by atoms with E-state index in [1.165, 1.54) is 0 Å². The van der Waals surface area contributed by atoms with Crippen molar-refractivity contribution in [3.63, 3.8) is 0 Å². The summed E-state index contributed by atoms with van der Waals surface area (Å²) < 4.78 is 5.64. The number of nitrogens with one attached hydrogen (secondary N) is 2. The molecule has 2 atom stereocenters. The van der Waals surface area contributed by atoms with Gasteiger partial charge in [0.25, 0.3) is 0 Å². The fraction of sp³-hybridized carbons (Fsp3) is 0.900. The average Bonchev–Trinajstić information content (AvgIpc) is 2.14. The predicted molar refractivity (Wildman–Crippen MR) is 55.4 cm³/mol. The quantitative estimate of drug-likeness (QED) is 0.626. The van der Waals surface area contributed by atoms with Crippen LogP contribution in [0.1, 0.15) is 20.8 Å². The minimum Gasteiger partial charge on any atom is -0.374 e. The van der Waals surface area contributed by atoms with E-state index in [9.17, 15) is 4.79 Å². The van der Waals surface area contributed by atoms with Crippen LogP contribution in [0, 0.1) is 0 Å². The van der Waals surface area contributed by atoms with Crippen LogP contribution < -0.4 is 10.6 Å². The van der Waals surface area contributed by atoms with Crippen LogP contribution in [0.5, 0.6) is 0 Å². The number of hydrogen-bond acceptors (Lipinski definition) is 4. The Morgan fingerprint density at radius 1 is 1.36 bits per heavy atom. The summed E-state index contributed by atoms with van der Waals surface area (Å²) in [4.78, 5) is 10.7. The largest absolute Gasteiger partial charge is 0.374 e. The standard InChI is InChI=1S/C10H20N2O2/c1-10(2,3)14-7-9-8(6-13)11-4-5-12-9/h6,8-9,11-12H,4-5,7H2,1-3H3/t8?,9-/m0/s1. The number of carbonyl (C=O) groups is 1. The Kier molecular flexibility index (Phi) is 4.04. The third-order valence-electron chi connectivity index (χ3n) is 2.19. The van der Waals surface area contributed by atoms with Crippen LogP contribution in [0.3, 0.4) is 0 Å². The molecule has 0 aromatic rings. The molecule has 14 heavy (non-hydrogen) atoms. The zero-order chi connectivity index (χ0) is 10.6. The fourth-order valence-corrected chi connectivity index (χ4v) is 1.41. The summed E-state index contributed by atoms with van der Waals surface area (Å²) in [5.74, 6) is 0. The molecule has 1 unspecified atom stereocenters. The summed E-state index contributed by atoms with van der Waals surface area (Å²) in [6, 6.07) is -0.0217. The first-order valence-corrected chi connectivity index (χ1v) is 5.09. The highest BCUT2D eigenvalue weighted by molar-refractivity contribution is 5.59. The van der Waals surface area contributed by atoms with Gasteiger partial charge in [0.15, 0.2) is 0 Å². The maximum atomic E-state index is 10.7. The van der Waals surface area contributed by atoms with Crippen LogP contribution in [0.15, 0.2) is 0 Å². The highest BCUT2D eigenvalue weighted by Crippen LogP contribution is 2.08. The zero-order valence-corrected chi connectivity index (χ0v) is 9.17. The van der Waals surface area contributed by atoms with Gasteiger partial charge in [-0.2, -0.15) is 0 Å². The first-order chi connectivity index (χ1) is 6.53. The van der Waals surface area contributed by atoms with Gasteiger partial charge in [0.2, 0.25) is 0 Å². The molecule has 0 saturated carbocycles. The summed E-state index contributed by atoms with van der Waals surface area (Å²) in [6.45, 7) is 8.34. The first-order valence-electron chi connectivity index (χ1n) is 5.09. The Hall–Kier alpha value is -0.450. The number of carbonyl (C=O) groups excluding carboxylic acids is 1. The number of aldehydes is 1. The van der Waals surface area contributed by atoms with Gasteiger partial charge in [-0.15, -0.1) is 0 Å². The second-order valence-electron chi connectivity index (χ2n) is 4.60. The Morgan fingerprint density at radius 3 is 2.57 bits per heavy atom. The predicted octanol–water partition coefficient (Wildman–Crippen LogP) is -0.0696. The molecule has 0 aliphatic carbocycles. The van der Waals surface area contributed by atoms with Gasteiger partial charge in [0, 0.05) is 13.1 Å². The van der Waals surface area contributed by atoms with Crippen LogP contribution in [0.25, 0.3) is 0 Å². The van der Waals surface area contributed by atoms with E-state index in [-0.39, 0.29) is 17.7 Å². The SMILES string of the molecule is CC(C)(C)OC[C@@H]1NCCNC1C=O. The zero-order valence-electron chi connectivity index (χ0n) is 9.17. The number of hydrogen-bond donors (Lipinski definition) is 2. The highest BCUT2D eigenvalue weighted by Gasteiger charge is 2.25. The normalized spacial score (nSPS) is 28.8. The molecular weight excluding hydrogens is 180 g/mol. The summed E-state index contributed by atoms with van der Waals surface area (Å²) in [5, 5.41) is 6.42. The van der Waals surface area contributed by atoms with Gasteiger partial charge in [-0.1, -0.05) is 0 Å². The minimum absolute atomic E-state index is 0.0977. The molecule has 1 heterocycles. The lowest BCUT2D eigenvalue weighted by Crippen LogP contribution is -2.59. The maximum absolute atomic E-state index is 10.7. The average molecular weight is 200 g/mol. The van der Waals surface area contributed by atoms with E-state index in [2.05, 4.69) is 10.6 Å². The van der Waals surface area contributed by atoms with Crippen LogP contribution in [-0.4, -0.2) is 43.7 Å². The summed E-state index contributed by atoms with van der Waals surface area (Å²) >= 11 is 0. The lowest BCUT2D eigenvalue weighted by molar-refractivity contribution is -0.111. The minimum atomic E-state index is -0.146. The van der Waals surface area contributed by atoms with E-state index in [0.29, 0.717) is 6.61 Å². The molecule has 0 amide bonds. The van der Waals surface area contributed by atoms with E-state index in [4.69, 9.17) is 4.74 Å². The van der Waals surface area contributed by atoms with Crippen molar-refractivity contribution in [2.24, 2.45) is 0 Å². The number of rotatable bonds is 3. The molecule has 1 saturated heterocycles. The molecule has 0 bridgehead atoms. The van der Waals surface area contributed by atoms with Crippen LogP contribution >= 0.6 is 0 Å². The third-order valence-corrected chi connectivity index (χ3v) is 2.19. The van der Waals surface area contributed by atoms with Crippen molar-refractivity contribution in [1.29, 1.82) is 0 Å². The van der Waals surface area contributed by atoms with Crippen LogP contribution in [0.4, 0.5) is 0 Å². The Bertz CT molecular complexity index is 189. The van der Waals surface area contributed by atoms with E-state index in [1.54, 1.807) is 0 Å². The van der Waals surface area contributed by atoms with Gasteiger partial charge in [0.1, 0.15) is 6.29 Å². The van der Waals surface area contributed by atoms with Crippen molar-refractivity contribution in [1.82, 2.24) is 10.6 Å². The molecule has 1 fully saturated rings. The van der Waals surface area contributed by atoms with Crippen molar-refractivity contribution in [3.05, 3.63) is 0 Å². The van der Waals surface area contributed by atoms with Crippen molar-refractivity contribution in [3.8, 4) is 0 Å². The fourth-order valence-electron chi connectivity index (χ4n) is 1.41. The van der Waals surface area contributed by atoms with Gasteiger partial charge in [-0.3, -0.25) is 0 Å². The van der Waals surface area contributed by atoms with Gasteiger partial charge in [0.05, 0.1) is 24.3 Å². The second kappa shape index (κ2) is 4.87. The van der Waals surface area contributed by atoms with E-state index >= 15 is 0 Å². The molecule has 1 rings (SSSR count). The van der Waals surface area contributed by atoms with Crippen LogP contribution in [-0.2, 0) is 9.53 Å². The molecule has 0 spiro atoms. The summed E-state index contributed by atoms with van der Waals surface area (Å²) in [6.07, 6.45) is 0.947. The molecule has 1 aliphatic heterocycles. The Balaban J connectivity index is 2.37. The Morgan fingerprint density at radius 2 is 2.00 bits per heavy atom. The summed E-state index contributed by atoms with van der Waals surface area (Å²) in [7, 11) is 0.